The Kier molecular flexibility index (Phi) is 22.8. The van der Waals surface area contributed by atoms with Crippen molar-refractivity contribution < 1.29 is 9.90 Å². The zero-order valence-electron chi connectivity index (χ0n) is 18.5. The van der Waals surface area contributed by atoms with Crippen molar-refractivity contribution >= 4 is 18.4 Å². The summed E-state index contributed by atoms with van der Waals surface area (Å²) < 4.78 is 0. The molecule has 0 bridgehead atoms. The number of hydrogen-bond acceptors (Lipinski definition) is 4. The first-order chi connectivity index (χ1) is 13.0. The average molecular weight is 422 g/mol. The minimum Gasteiger partial charge on any atom is -0.480 e. The van der Waals surface area contributed by atoms with Crippen LogP contribution in [0.4, 0.5) is 0 Å². The third kappa shape index (κ3) is 20.4. The van der Waals surface area contributed by atoms with E-state index in [1.807, 2.05) is 4.90 Å². The number of aliphatic carboxylic acids is 1. The van der Waals surface area contributed by atoms with Crippen LogP contribution in [-0.4, -0.2) is 47.7 Å². The van der Waals surface area contributed by atoms with Crippen molar-refractivity contribution in [3.63, 3.8) is 0 Å². The van der Waals surface area contributed by atoms with Crippen molar-refractivity contribution in [3.05, 3.63) is 0 Å². The Bertz CT molecular complexity index is 322. The molecule has 2 unspecified atom stereocenters. The van der Waals surface area contributed by atoms with Crippen molar-refractivity contribution in [3.8, 4) is 0 Å². The largest absolute Gasteiger partial charge is 0.480 e. The van der Waals surface area contributed by atoms with Gasteiger partial charge < -0.3 is 16.6 Å². The monoisotopic (exact) mass is 421 g/mol. The molecule has 5 nitrogen and oxygen atoms in total. The van der Waals surface area contributed by atoms with Gasteiger partial charge in [-0.15, -0.1) is 12.4 Å². The second-order valence-corrected chi connectivity index (χ2v) is 8.22. The molecule has 0 fully saturated rings. The second kappa shape index (κ2) is 21.4. The quantitative estimate of drug-likeness (QED) is 0.242. The SMILES string of the molecule is CCCCCCCCC(N)CN(CC(=O)O)CC(N)CCCCCCCC.Cl. The van der Waals surface area contributed by atoms with Crippen LogP contribution in [0.15, 0.2) is 0 Å². The molecular formula is C22H48ClN3O2. The molecule has 0 saturated heterocycles. The summed E-state index contributed by atoms with van der Waals surface area (Å²) in [4.78, 5) is 13.1. The first-order valence-electron chi connectivity index (χ1n) is 11.4. The number of nitrogens with zero attached hydrogens (tertiary/aromatic N) is 1. The lowest BCUT2D eigenvalue weighted by atomic mass is 10.0. The van der Waals surface area contributed by atoms with Gasteiger partial charge >= 0.3 is 5.97 Å². The predicted octanol–water partition coefficient (Wildman–Crippen LogP) is 4.95. The van der Waals surface area contributed by atoms with E-state index in [2.05, 4.69) is 13.8 Å². The van der Waals surface area contributed by atoms with E-state index in [-0.39, 0.29) is 31.0 Å². The Morgan fingerprint density at radius 2 is 1.11 bits per heavy atom. The van der Waals surface area contributed by atoms with Crippen LogP contribution in [0.2, 0.25) is 0 Å². The molecule has 5 N–H and O–H groups in total. The summed E-state index contributed by atoms with van der Waals surface area (Å²) >= 11 is 0. The number of carboxylic acid groups (broad SMARTS) is 1. The van der Waals surface area contributed by atoms with E-state index in [4.69, 9.17) is 11.5 Å². The van der Waals surface area contributed by atoms with E-state index in [0.29, 0.717) is 13.1 Å². The maximum atomic E-state index is 11.2. The van der Waals surface area contributed by atoms with Gasteiger partial charge in [0.25, 0.3) is 0 Å². The van der Waals surface area contributed by atoms with Crippen molar-refractivity contribution in [2.75, 3.05) is 19.6 Å². The molecular weight excluding hydrogens is 374 g/mol. The molecule has 0 aromatic carbocycles. The number of nitrogens with two attached hydrogens (primary N) is 2. The summed E-state index contributed by atoms with van der Waals surface area (Å²) in [6, 6.07) is 0.0773. The van der Waals surface area contributed by atoms with Gasteiger partial charge in [-0.05, 0) is 12.8 Å². The summed E-state index contributed by atoms with van der Waals surface area (Å²) in [6.07, 6.45) is 17.0. The van der Waals surface area contributed by atoms with Crippen LogP contribution in [0.1, 0.15) is 104 Å². The van der Waals surface area contributed by atoms with E-state index < -0.39 is 5.97 Å². The molecule has 0 aromatic heterocycles. The van der Waals surface area contributed by atoms with Gasteiger partial charge in [0.15, 0.2) is 0 Å². The topological polar surface area (TPSA) is 92.6 Å². The fourth-order valence-corrected chi connectivity index (χ4v) is 3.61. The Morgan fingerprint density at radius 3 is 1.46 bits per heavy atom. The first kappa shape index (κ1) is 29.8. The van der Waals surface area contributed by atoms with E-state index in [1.54, 1.807) is 0 Å². The minimum absolute atomic E-state index is 0. The van der Waals surface area contributed by atoms with Crippen LogP contribution >= 0.6 is 12.4 Å². The zero-order valence-corrected chi connectivity index (χ0v) is 19.4. The van der Waals surface area contributed by atoms with Crippen LogP contribution in [0.25, 0.3) is 0 Å². The molecule has 0 aliphatic carbocycles. The standard InChI is InChI=1S/C22H47N3O2.ClH/c1-3-5-7-9-11-13-15-20(23)17-25(19-22(26)27)18-21(24)16-14-12-10-8-6-4-2;/h20-21H,3-19,23-24H2,1-2H3,(H,26,27);1H. The summed E-state index contributed by atoms with van der Waals surface area (Å²) in [5.41, 5.74) is 12.5. The smallest absolute Gasteiger partial charge is 0.317 e. The van der Waals surface area contributed by atoms with E-state index in [9.17, 15) is 9.90 Å². The van der Waals surface area contributed by atoms with E-state index in [1.165, 1.54) is 64.2 Å². The highest BCUT2D eigenvalue weighted by atomic mass is 35.5. The van der Waals surface area contributed by atoms with Crippen LogP contribution in [0.5, 0.6) is 0 Å². The highest BCUT2D eigenvalue weighted by molar-refractivity contribution is 5.85. The van der Waals surface area contributed by atoms with Crippen molar-refractivity contribution in [1.82, 2.24) is 4.90 Å². The number of unbranched alkanes of at least 4 members (excludes halogenated alkanes) is 10. The van der Waals surface area contributed by atoms with Crippen molar-refractivity contribution in [1.29, 1.82) is 0 Å². The molecule has 0 rings (SSSR count). The summed E-state index contributed by atoms with van der Waals surface area (Å²) in [7, 11) is 0. The number of halogens is 1. The Labute approximate surface area is 180 Å². The van der Waals surface area contributed by atoms with Gasteiger partial charge in [0.1, 0.15) is 0 Å². The second-order valence-electron chi connectivity index (χ2n) is 8.22. The number of rotatable bonds is 20. The third-order valence-corrected chi connectivity index (χ3v) is 5.20. The molecule has 6 heteroatoms. The van der Waals surface area contributed by atoms with Crippen molar-refractivity contribution in [2.24, 2.45) is 11.5 Å². The van der Waals surface area contributed by atoms with Gasteiger partial charge in [-0.3, -0.25) is 9.69 Å². The predicted molar refractivity (Wildman–Crippen MR) is 123 cm³/mol. The van der Waals surface area contributed by atoms with Gasteiger partial charge in [-0.1, -0.05) is 90.9 Å². The van der Waals surface area contributed by atoms with E-state index in [0.717, 1.165) is 25.7 Å². The number of carboxylic acids is 1. The maximum Gasteiger partial charge on any atom is 0.317 e. The Balaban J connectivity index is 0. The molecule has 170 valence electrons. The molecule has 0 aliphatic rings. The normalized spacial score (nSPS) is 13.3. The highest BCUT2D eigenvalue weighted by Crippen LogP contribution is 2.11. The van der Waals surface area contributed by atoms with Gasteiger partial charge in [0, 0.05) is 25.2 Å². The lowest BCUT2D eigenvalue weighted by molar-refractivity contribution is -0.138. The minimum atomic E-state index is -0.798. The lowest BCUT2D eigenvalue weighted by Crippen LogP contribution is -2.45. The number of carbonyl (C=O) groups is 1. The van der Waals surface area contributed by atoms with Crippen LogP contribution in [-0.2, 0) is 4.79 Å². The molecule has 2 atom stereocenters. The molecule has 0 spiro atoms. The van der Waals surface area contributed by atoms with Crippen LogP contribution in [0.3, 0.4) is 0 Å². The molecule has 28 heavy (non-hydrogen) atoms. The van der Waals surface area contributed by atoms with Gasteiger partial charge in [-0.2, -0.15) is 0 Å². The first-order valence-corrected chi connectivity index (χ1v) is 11.4. The fourth-order valence-electron chi connectivity index (χ4n) is 3.61. The van der Waals surface area contributed by atoms with Crippen LogP contribution in [0, 0.1) is 0 Å². The lowest BCUT2D eigenvalue weighted by Gasteiger charge is -2.27. The molecule has 0 aliphatic heterocycles. The molecule has 0 heterocycles. The van der Waals surface area contributed by atoms with Crippen molar-refractivity contribution in [2.45, 2.75) is 116 Å². The number of hydrogen-bond donors (Lipinski definition) is 3. The zero-order chi connectivity index (χ0) is 20.3. The van der Waals surface area contributed by atoms with Gasteiger partial charge in [0.05, 0.1) is 6.54 Å². The van der Waals surface area contributed by atoms with Gasteiger partial charge in [-0.25, -0.2) is 0 Å². The summed E-state index contributed by atoms with van der Waals surface area (Å²) in [6.45, 7) is 5.75. The van der Waals surface area contributed by atoms with Crippen LogP contribution < -0.4 is 11.5 Å². The Morgan fingerprint density at radius 1 is 0.750 bits per heavy atom. The molecule has 0 aromatic rings. The maximum absolute atomic E-state index is 11.2. The summed E-state index contributed by atoms with van der Waals surface area (Å²) in [5, 5.41) is 9.18. The van der Waals surface area contributed by atoms with E-state index >= 15 is 0 Å². The highest BCUT2D eigenvalue weighted by Gasteiger charge is 2.16. The third-order valence-electron chi connectivity index (χ3n) is 5.20. The molecule has 0 saturated carbocycles. The Hall–Kier alpha value is -0.360. The average Bonchev–Trinajstić information content (AvgIpc) is 2.60. The summed E-state index contributed by atoms with van der Waals surface area (Å²) in [5.74, 6) is -0.798. The molecule has 0 radical (unpaired) electrons. The van der Waals surface area contributed by atoms with Gasteiger partial charge in [0.2, 0.25) is 0 Å². The fraction of sp³-hybridized carbons (Fsp3) is 0.955. The molecule has 0 amide bonds.